The highest BCUT2D eigenvalue weighted by Crippen LogP contribution is 2.31. The number of hydrogen-bond donors (Lipinski definition) is 1. The Morgan fingerprint density at radius 2 is 2.25 bits per heavy atom. The number of carbonyl (C=O) groups excluding carboxylic acids is 1. The molecule has 0 spiro atoms. The second-order valence-electron chi connectivity index (χ2n) is 5.65. The Kier molecular flexibility index (Phi) is 3.92. The molecule has 108 valence electrons. The fraction of sp³-hybridized carbons (Fsp3) is 0.562. The number of fused-ring (bicyclic) bond motifs is 1. The average molecular weight is 274 g/mol. The summed E-state index contributed by atoms with van der Waals surface area (Å²) in [6.45, 7) is 4.18. The summed E-state index contributed by atoms with van der Waals surface area (Å²) < 4.78 is 5.49. The van der Waals surface area contributed by atoms with Crippen molar-refractivity contribution in [1.29, 1.82) is 0 Å². The first-order valence-corrected chi connectivity index (χ1v) is 7.49. The molecule has 2 aliphatic heterocycles. The molecule has 0 aliphatic carbocycles. The molecule has 1 fully saturated rings. The summed E-state index contributed by atoms with van der Waals surface area (Å²) in [7, 11) is 0. The van der Waals surface area contributed by atoms with E-state index in [4.69, 9.17) is 4.74 Å². The first-order valence-electron chi connectivity index (χ1n) is 7.49. The van der Waals surface area contributed by atoms with Crippen molar-refractivity contribution in [3.63, 3.8) is 0 Å². The van der Waals surface area contributed by atoms with Crippen molar-refractivity contribution in [1.82, 2.24) is 0 Å². The number of carbonyl (C=O) groups is 1. The van der Waals surface area contributed by atoms with Gasteiger partial charge in [-0.15, -0.1) is 0 Å². The van der Waals surface area contributed by atoms with Crippen LogP contribution in [0.5, 0.6) is 0 Å². The molecule has 4 nitrogen and oxygen atoms in total. The molecule has 20 heavy (non-hydrogen) atoms. The lowest BCUT2D eigenvalue weighted by Crippen LogP contribution is -2.25. The summed E-state index contributed by atoms with van der Waals surface area (Å²) in [6, 6.07) is 6.86. The summed E-state index contributed by atoms with van der Waals surface area (Å²) in [4.78, 5) is 13.4. The van der Waals surface area contributed by atoms with E-state index in [0.29, 0.717) is 6.04 Å². The van der Waals surface area contributed by atoms with Gasteiger partial charge in [-0.2, -0.15) is 0 Å². The zero-order chi connectivity index (χ0) is 13.9. The summed E-state index contributed by atoms with van der Waals surface area (Å²) in [5.41, 5.74) is 3.52. The van der Waals surface area contributed by atoms with E-state index in [-0.39, 0.29) is 5.91 Å². The minimum absolute atomic E-state index is 0.130. The van der Waals surface area contributed by atoms with E-state index in [9.17, 15) is 4.79 Å². The highest BCUT2D eigenvalue weighted by molar-refractivity contribution is 5.94. The van der Waals surface area contributed by atoms with Crippen molar-refractivity contribution in [2.24, 2.45) is 0 Å². The van der Waals surface area contributed by atoms with Gasteiger partial charge in [0.05, 0.1) is 0 Å². The van der Waals surface area contributed by atoms with Crippen LogP contribution in [0.4, 0.5) is 11.4 Å². The molecule has 2 aliphatic rings. The number of amides is 1. The van der Waals surface area contributed by atoms with Crippen LogP contribution >= 0.6 is 0 Å². The fourth-order valence-electron chi connectivity index (χ4n) is 3.10. The summed E-state index contributed by atoms with van der Waals surface area (Å²) in [6.07, 6.45) is 4.31. The number of hydrogen-bond acceptors (Lipinski definition) is 3. The normalized spacial score (nSPS) is 22.2. The van der Waals surface area contributed by atoms with E-state index < -0.39 is 0 Å². The first kappa shape index (κ1) is 13.4. The van der Waals surface area contributed by atoms with Gasteiger partial charge in [0.15, 0.2) is 0 Å². The molecule has 4 heteroatoms. The van der Waals surface area contributed by atoms with Gasteiger partial charge in [-0.1, -0.05) is 0 Å². The molecule has 0 radical (unpaired) electrons. The van der Waals surface area contributed by atoms with E-state index in [1.807, 2.05) is 4.90 Å². The van der Waals surface area contributed by atoms with Crippen LogP contribution < -0.4 is 10.2 Å². The van der Waals surface area contributed by atoms with E-state index >= 15 is 0 Å². The smallest absolute Gasteiger partial charge is 0.223 e. The molecule has 1 N–H and O–H groups in total. The number of nitrogens with one attached hydrogen (secondary N) is 1. The van der Waals surface area contributed by atoms with Gasteiger partial charge in [-0.05, 0) is 49.4 Å². The summed E-state index contributed by atoms with van der Waals surface area (Å²) >= 11 is 0. The van der Waals surface area contributed by atoms with Crippen molar-refractivity contribution in [2.75, 3.05) is 30.0 Å². The van der Waals surface area contributed by atoms with Crippen molar-refractivity contribution in [3.05, 3.63) is 23.8 Å². The number of ether oxygens (including phenoxy) is 1. The van der Waals surface area contributed by atoms with Gasteiger partial charge in [0.2, 0.25) is 5.91 Å². The zero-order valence-electron chi connectivity index (χ0n) is 12.0. The molecule has 1 saturated heterocycles. The van der Waals surface area contributed by atoms with Crippen LogP contribution in [-0.2, 0) is 16.0 Å². The standard InChI is InChI=1S/C16H22N2O2/c1-12(19)18-8-6-13-11-15(4-5-16(13)18)17-14-3-2-9-20-10-7-14/h4-5,11,14,17H,2-3,6-10H2,1H3. The molecule has 1 atom stereocenters. The molecule has 1 aromatic carbocycles. The average Bonchev–Trinajstić information content (AvgIpc) is 2.68. The highest BCUT2D eigenvalue weighted by Gasteiger charge is 2.22. The molecule has 0 saturated carbocycles. The number of anilines is 2. The zero-order valence-corrected chi connectivity index (χ0v) is 12.0. The molecule has 0 bridgehead atoms. The van der Waals surface area contributed by atoms with E-state index in [0.717, 1.165) is 51.1 Å². The molecule has 1 unspecified atom stereocenters. The Bertz CT molecular complexity index is 493. The summed E-state index contributed by atoms with van der Waals surface area (Å²) in [5, 5.41) is 3.61. The number of benzene rings is 1. The van der Waals surface area contributed by atoms with Crippen LogP contribution in [0, 0.1) is 0 Å². The maximum Gasteiger partial charge on any atom is 0.223 e. The Hall–Kier alpha value is -1.55. The quantitative estimate of drug-likeness (QED) is 0.901. The lowest BCUT2D eigenvalue weighted by atomic mass is 10.1. The minimum Gasteiger partial charge on any atom is -0.382 e. The molecule has 2 heterocycles. The molecular weight excluding hydrogens is 252 g/mol. The van der Waals surface area contributed by atoms with Crippen LogP contribution in [0.15, 0.2) is 18.2 Å². The number of nitrogens with zero attached hydrogens (tertiary/aromatic N) is 1. The third kappa shape index (κ3) is 2.80. The Morgan fingerprint density at radius 1 is 1.35 bits per heavy atom. The number of rotatable bonds is 2. The SMILES string of the molecule is CC(=O)N1CCc2cc(NC3CCCOCC3)ccc21. The lowest BCUT2D eigenvalue weighted by molar-refractivity contribution is -0.116. The van der Waals surface area contributed by atoms with Gasteiger partial charge >= 0.3 is 0 Å². The van der Waals surface area contributed by atoms with Crippen molar-refractivity contribution < 1.29 is 9.53 Å². The van der Waals surface area contributed by atoms with E-state index in [1.165, 1.54) is 11.3 Å². The lowest BCUT2D eigenvalue weighted by Gasteiger charge is -2.19. The first-order chi connectivity index (χ1) is 9.74. The van der Waals surface area contributed by atoms with Crippen molar-refractivity contribution in [3.8, 4) is 0 Å². The second-order valence-corrected chi connectivity index (χ2v) is 5.65. The van der Waals surface area contributed by atoms with Gasteiger partial charge in [0, 0.05) is 44.1 Å². The van der Waals surface area contributed by atoms with E-state index in [2.05, 4.69) is 23.5 Å². The van der Waals surface area contributed by atoms with Gasteiger partial charge in [-0.3, -0.25) is 4.79 Å². The molecule has 0 aromatic heterocycles. The van der Waals surface area contributed by atoms with Crippen LogP contribution in [0.3, 0.4) is 0 Å². The Balaban J connectivity index is 1.71. The van der Waals surface area contributed by atoms with Gasteiger partial charge in [0.25, 0.3) is 0 Å². The molecule has 1 amide bonds. The summed E-state index contributed by atoms with van der Waals surface area (Å²) in [5.74, 6) is 0.130. The second kappa shape index (κ2) is 5.83. The molecule has 1 aromatic rings. The third-order valence-corrected chi connectivity index (χ3v) is 4.18. The largest absolute Gasteiger partial charge is 0.382 e. The molecule has 3 rings (SSSR count). The van der Waals surface area contributed by atoms with Gasteiger partial charge < -0.3 is 15.0 Å². The van der Waals surface area contributed by atoms with Gasteiger partial charge in [0.1, 0.15) is 0 Å². The van der Waals surface area contributed by atoms with Crippen LogP contribution in [-0.4, -0.2) is 31.7 Å². The predicted molar refractivity (Wildman–Crippen MR) is 80.3 cm³/mol. The Morgan fingerprint density at radius 3 is 3.10 bits per heavy atom. The Labute approximate surface area is 120 Å². The van der Waals surface area contributed by atoms with Crippen LogP contribution in [0.25, 0.3) is 0 Å². The fourth-order valence-corrected chi connectivity index (χ4v) is 3.10. The van der Waals surface area contributed by atoms with E-state index in [1.54, 1.807) is 6.92 Å². The topological polar surface area (TPSA) is 41.6 Å². The highest BCUT2D eigenvalue weighted by atomic mass is 16.5. The maximum absolute atomic E-state index is 11.5. The van der Waals surface area contributed by atoms with Crippen LogP contribution in [0.2, 0.25) is 0 Å². The van der Waals surface area contributed by atoms with Crippen molar-refractivity contribution >= 4 is 17.3 Å². The maximum atomic E-state index is 11.5. The monoisotopic (exact) mass is 274 g/mol. The third-order valence-electron chi connectivity index (χ3n) is 4.18. The van der Waals surface area contributed by atoms with Crippen molar-refractivity contribution in [2.45, 2.75) is 38.6 Å². The van der Waals surface area contributed by atoms with Gasteiger partial charge in [-0.25, -0.2) is 0 Å². The molecular formula is C16H22N2O2. The predicted octanol–water partition coefficient (Wildman–Crippen LogP) is 2.58. The van der Waals surface area contributed by atoms with Crippen LogP contribution in [0.1, 0.15) is 31.7 Å². The minimum atomic E-state index is 0.130.